The van der Waals surface area contributed by atoms with Crippen molar-refractivity contribution in [2.24, 2.45) is 4.99 Å². The lowest BCUT2D eigenvalue weighted by Gasteiger charge is -2.26. The van der Waals surface area contributed by atoms with Crippen LogP contribution in [0.5, 0.6) is 0 Å². The van der Waals surface area contributed by atoms with Gasteiger partial charge in [0.1, 0.15) is 0 Å². The minimum absolute atomic E-state index is 0.187. The van der Waals surface area contributed by atoms with Crippen LogP contribution >= 0.6 is 0 Å². The van der Waals surface area contributed by atoms with Crippen LogP contribution in [0.15, 0.2) is 78.0 Å². The molecule has 6 heteroatoms. The lowest BCUT2D eigenvalue weighted by Crippen LogP contribution is -2.36. The molecule has 4 rings (SSSR count). The second-order valence-electron chi connectivity index (χ2n) is 8.50. The molecular weight excluding hydrogens is 410 g/mol. The molecule has 0 radical (unpaired) electrons. The van der Waals surface area contributed by atoms with E-state index in [1.165, 1.54) is 24.8 Å². The number of hydrogen-bond donors (Lipinski definition) is 2. The molecule has 170 valence electrons. The maximum absolute atomic E-state index is 13.0. The van der Waals surface area contributed by atoms with Gasteiger partial charge in [-0.05, 0) is 85.9 Å². The van der Waals surface area contributed by atoms with Crippen molar-refractivity contribution in [2.75, 3.05) is 18.4 Å². The molecule has 1 fully saturated rings. The molecule has 6 nitrogen and oxygen atoms in total. The number of likely N-dealkylation sites (tertiary alicyclic amines) is 1. The largest absolute Gasteiger partial charge is 0.326 e. The van der Waals surface area contributed by atoms with Gasteiger partial charge in [-0.15, -0.1) is 0 Å². The van der Waals surface area contributed by atoms with Gasteiger partial charge in [0, 0.05) is 30.2 Å². The Labute approximate surface area is 195 Å². The summed E-state index contributed by atoms with van der Waals surface area (Å²) in [5.41, 5.74) is 4.87. The summed E-state index contributed by atoms with van der Waals surface area (Å²) in [6.07, 6.45) is 7.36. The van der Waals surface area contributed by atoms with E-state index in [0.29, 0.717) is 18.1 Å². The van der Waals surface area contributed by atoms with Crippen LogP contribution in [-0.2, 0) is 13.1 Å². The van der Waals surface area contributed by atoms with Gasteiger partial charge < -0.3 is 5.32 Å². The van der Waals surface area contributed by atoms with Crippen molar-refractivity contribution in [1.29, 1.82) is 0 Å². The molecule has 1 aliphatic rings. The number of rotatable bonds is 6. The molecule has 1 aromatic heterocycles. The van der Waals surface area contributed by atoms with E-state index in [2.05, 4.69) is 25.5 Å². The number of aliphatic imine (C=N–C) groups is 1. The average molecular weight is 442 g/mol. The van der Waals surface area contributed by atoms with Crippen LogP contribution in [0, 0.1) is 6.92 Å². The number of aryl methyl sites for hydroxylation is 1. The van der Waals surface area contributed by atoms with Crippen LogP contribution in [0.2, 0.25) is 0 Å². The second-order valence-corrected chi connectivity index (χ2v) is 8.50. The first-order valence-corrected chi connectivity index (χ1v) is 11.6. The van der Waals surface area contributed by atoms with Crippen molar-refractivity contribution in [3.05, 3.63) is 95.3 Å². The zero-order chi connectivity index (χ0) is 22.9. The van der Waals surface area contributed by atoms with E-state index < -0.39 is 0 Å². The van der Waals surface area contributed by atoms with E-state index >= 15 is 0 Å². The summed E-state index contributed by atoms with van der Waals surface area (Å²) in [6, 6.07) is 19.7. The van der Waals surface area contributed by atoms with Crippen molar-refractivity contribution >= 4 is 17.6 Å². The molecule has 2 aromatic carbocycles. The first-order valence-electron chi connectivity index (χ1n) is 11.6. The van der Waals surface area contributed by atoms with Crippen molar-refractivity contribution in [1.82, 2.24) is 15.2 Å². The van der Waals surface area contributed by atoms with Gasteiger partial charge in [-0.1, -0.05) is 30.7 Å². The van der Waals surface area contributed by atoms with Crippen LogP contribution < -0.4 is 10.6 Å². The highest BCUT2D eigenvalue weighted by Crippen LogP contribution is 2.14. The van der Waals surface area contributed by atoms with E-state index in [1.54, 1.807) is 12.4 Å². The zero-order valence-electron chi connectivity index (χ0n) is 19.1. The van der Waals surface area contributed by atoms with Gasteiger partial charge in [0.25, 0.3) is 5.91 Å². The fourth-order valence-electron chi connectivity index (χ4n) is 3.95. The Hall–Kier alpha value is -3.51. The molecule has 1 saturated heterocycles. The predicted octanol–water partition coefficient (Wildman–Crippen LogP) is 4.77. The number of piperidine rings is 1. The Balaban J connectivity index is 1.44. The molecule has 0 unspecified atom stereocenters. The van der Waals surface area contributed by atoms with E-state index in [-0.39, 0.29) is 5.91 Å². The zero-order valence-corrected chi connectivity index (χ0v) is 19.1. The summed E-state index contributed by atoms with van der Waals surface area (Å²) in [7, 11) is 0. The number of carbonyl (C=O) groups is 1. The van der Waals surface area contributed by atoms with Gasteiger partial charge in [-0.3, -0.25) is 20.0 Å². The van der Waals surface area contributed by atoms with Crippen LogP contribution in [0.1, 0.15) is 46.3 Å². The van der Waals surface area contributed by atoms with Gasteiger partial charge >= 0.3 is 0 Å². The number of guanidine groups is 1. The second kappa shape index (κ2) is 11.4. The summed E-state index contributed by atoms with van der Waals surface area (Å²) < 4.78 is 0. The van der Waals surface area contributed by atoms with Crippen molar-refractivity contribution in [3.8, 4) is 0 Å². The molecule has 33 heavy (non-hydrogen) atoms. The van der Waals surface area contributed by atoms with Gasteiger partial charge in [0.15, 0.2) is 0 Å². The maximum atomic E-state index is 13.0. The van der Waals surface area contributed by atoms with Crippen molar-refractivity contribution < 1.29 is 4.79 Å². The highest BCUT2D eigenvalue weighted by Gasteiger charge is 2.12. The third-order valence-corrected chi connectivity index (χ3v) is 5.75. The van der Waals surface area contributed by atoms with Gasteiger partial charge in [-0.2, -0.15) is 0 Å². The molecule has 3 aromatic rings. The minimum Gasteiger partial charge on any atom is -0.326 e. The number of anilines is 1. The summed E-state index contributed by atoms with van der Waals surface area (Å²) in [4.78, 5) is 24.1. The lowest BCUT2D eigenvalue weighted by atomic mass is 10.1. The molecule has 1 amide bonds. The van der Waals surface area contributed by atoms with Crippen molar-refractivity contribution in [3.63, 3.8) is 0 Å². The number of hydrogen-bond acceptors (Lipinski definition) is 4. The minimum atomic E-state index is -0.187. The smallest absolute Gasteiger partial charge is 0.257 e. The van der Waals surface area contributed by atoms with E-state index in [9.17, 15) is 4.79 Å². The van der Waals surface area contributed by atoms with E-state index in [1.807, 2.05) is 67.6 Å². The van der Waals surface area contributed by atoms with Crippen LogP contribution in [0.4, 0.5) is 5.69 Å². The summed E-state index contributed by atoms with van der Waals surface area (Å²) in [6.45, 7) is 5.72. The Morgan fingerprint density at radius 2 is 1.73 bits per heavy atom. The third-order valence-electron chi connectivity index (χ3n) is 5.75. The first-order chi connectivity index (χ1) is 16.2. The van der Waals surface area contributed by atoms with E-state index in [0.717, 1.165) is 36.4 Å². The number of carbonyl (C=O) groups excluding carboxylic acids is 1. The van der Waals surface area contributed by atoms with Gasteiger partial charge in [0.2, 0.25) is 5.96 Å². The van der Waals surface area contributed by atoms with Gasteiger partial charge in [-0.25, -0.2) is 4.99 Å². The molecular formula is C27H31N5O. The molecule has 1 aliphatic heterocycles. The standard InChI is InChI=1S/C27H31N5O/c1-21-6-5-7-25(18-21)30-27(29-19-22-12-14-28-15-13-22)31-26(33)24-10-8-23(9-11-24)20-32-16-3-2-4-17-32/h5-15,18H,2-4,16-17,19-20H2,1H3,(H2,29,30,31,33). The Kier molecular flexibility index (Phi) is 7.82. The number of nitrogens with zero attached hydrogens (tertiary/aromatic N) is 3. The first kappa shape index (κ1) is 22.7. The number of aromatic nitrogens is 1. The topological polar surface area (TPSA) is 69.6 Å². The summed E-state index contributed by atoms with van der Waals surface area (Å²) in [5.74, 6) is 0.230. The Bertz CT molecular complexity index is 1070. The number of pyridine rings is 1. The summed E-state index contributed by atoms with van der Waals surface area (Å²) in [5, 5.41) is 6.20. The summed E-state index contributed by atoms with van der Waals surface area (Å²) >= 11 is 0. The highest BCUT2D eigenvalue weighted by molar-refractivity contribution is 6.09. The number of nitrogens with one attached hydrogen (secondary N) is 2. The van der Waals surface area contributed by atoms with Crippen LogP contribution in [-0.4, -0.2) is 34.8 Å². The number of amides is 1. The molecule has 0 spiro atoms. The van der Waals surface area contributed by atoms with Crippen LogP contribution in [0.3, 0.4) is 0 Å². The Morgan fingerprint density at radius 3 is 2.45 bits per heavy atom. The Morgan fingerprint density at radius 1 is 0.970 bits per heavy atom. The normalized spacial score (nSPS) is 14.6. The van der Waals surface area contributed by atoms with Crippen molar-refractivity contribution in [2.45, 2.75) is 39.3 Å². The third kappa shape index (κ3) is 6.99. The SMILES string of the molecule is Cc1cccc(NC(=NCc2ccncc2)NC(=O)c2ccc(CN3CCCCC3)cc2)c1. The average Bonchev–Trinajstić information content (AvgIpc) is 2.84. The predicted molar refractivity (Wildman–Crippen MR) is 133 cm³/mol. The molecule has 0 atom stereocenters. The van der Waals surface area contributed by atoms with Crippen LogP contribution in [0.25, 0.3) is 0 Å². The lowest BCUT2D eigenvalue weighted by molar-refractivity contribution is 0.0977. The van der Waals surface area contributed by atoms with E-state index in [4.69, 9.17) is 0 Å². The quantitative estimate of drug-likeness (QED) is 0.427. The van der Waals surface area contributed by atoms with Gasteiger partial charge in [0.05, 0.1) is 6.54 Å². The molecule has 0 saturated carbocycles. The fraction of sp³-hybridized carbons (Fsp3) is 0.296. The fourth-order valence-corrected chi connectivity index (χ4v) is 3.95. The molecule has 2 N–H and O–H groups in total. The molecule has 0 bridgehead atoms. The number of benzene rings is 2. The highest BCUT2D eigenvalue weighted by atomic mass is 16.1. The maximum Gasteiger partial charge on any atom is 0.257 e. The molecule has 0 aliphatic carbocycles. The monoisotopic (exact) mass is 441 g/mol. The molecule has 2 heterocycles.